The first kappa shape index (κ1) is 17.6. The number of nitrogens with one attached hydrogen (secondary N) is 1. The Labute approximate surface area is 147 Å². The molecule has 25 heavy (non-hydrogen) atoms. The summed E-state index contributed by atoms with van der Waals surface area (Å²) in [6.07, 6.45) is 5.25. The summed E-state index contributed by atoms with van der Waals surface area (Å²) in [5.41, 5.74) is 1.34. The fourth-order valence-electron chi connectivity index (χ4n) is 2.94. The van der Waals surface area contributed by atoms with Crippen LogP contribution < -0.4 is 4.72 Å². The van der Waals surface area contributed by atoms with E-state index in [2.05, 4.69) is 9.71 Å². The Morgan fingerprint density at radius 2 is 1.88 bits per heavy atom. The lowest BCUT2D eigenvalue weighted by molar-refractivity contribution is 0.0747. The van der Waals surface area contributed by atoms with Crippen molar-refractivity contribution >= 4 is 15.9 Å². The van der Waals surface area contributed by atoms with E-state index in [0.29, 0.717) is 5.56 Å². The molecule has 1 unspecified atom stereocenters. The zero-order valence-corrected chi connectivity index (χ0v) is 14.9. The third-order valence-corrected chi connectivity index (χ3v) is 5.86. The molecule has 1 fully saturated rings. The fraction of sp³-hybridized carbons (Fsp3) is 0.333. The van der Waals surface area contributed by atoms with Gasteiger partial charge in [-0.1, -0.05) is 0 Å². The molecule has 0 radical (unpaired) electrons. The van der Waals surface area contributed by atoms with Gasteiger partial charge in [0.1, 0.15) is 0 Å². The minimum atomic E-state index is -3.63. The Morgan fingerprint density at radius 1 is 1.20 bits per heavy atom. The molecule has 1 atom stereocenters. The summed E-state index contributed by atoms with van der Waals surface area (Å²) in [6.45, 7) is 2.98. The van der Waals surface area contributed by atoms with Crippen molar-refractivity contribution < 1.29 is 13.2 Å². The first-order valence-corrected chi connectivity index (χ1v) is 9.75. The first-order chi connectivity index (χ1) is 12.0. The molecule has 1 aromatic heterocycles. The summed E-state index contributed by atoms with van der Waals surface area (Å²) in [5.74, 6) is -0.0429. The molecule has 0 spiro atoms. The Kier molecular flexibility index (Phi) is 5.15. The average molecular weight is 359 g/mol. The van der Waals surface area contributed by atoms with Gasteiger partial charge in [-0.3, -0.25) is 9.78 Å². The van der Waals surface area contributed by atoms with Gasteiger partial charge < -0.3 is 4.90 Å². The van der Waals surface area contributed by atoms with Gasteiger partial charge in [0.2, 0.25) is 10.0 Å². The third-order valence-electron chi connectivity index (χ3n) is 4.44. The lowest BCUT2D eigenvalue weighted by Crippen LogP contribution is -2.33. The van der Waals surface area contributed by atoms with Crippen molar-refractivity contribution in [2.24, 2.45) is 0 Å². The smallest absolute Gasteiger partial charge is 0.254 e. The molecular formula is C18H21N3O3S. The highest BCUT2D eigenvalue weighted by molar-refractivity contribution is 7.89. The number of aromatic nitrogens is 1. The van der Waals surface area contributed by atoms with Crippen LogP contribution in [0, 0.1) is 0 Å². The van der Waals surface area contributed by atoms with Gasteiger partial charge in [-0.2, -0.15) is 0 Å². The van der Waals surface area contributed by atoms with Crippen LogP contribution in [0.3, 0.4) is 0 Å². The molecule has 1 amide bonds. The van der Waals surface area contributed by atoms with Gasteiger partial charge in [0.15, 0.2) is 0 Å². The highest BCUT2D eigenvalue weighted by Gasteiger charge is 2.26. The fourth-order valence-corrected chi connectivity index (χ4v) is 3.96. The molecule has 1 aliphatic heterocycles. The van der Waals surface area contributed by atoms with E-state index in [9.17, 15) is 13.2 Å². The van der Waals surface area contributed by atoms with Crippen molar-refractivity contribution in [2.75, 3.05) is 6.54 Å². The van der Waals surface area contributed by atoms with E-state index in [1.165, 1.54) is 12.1 Å². The number of nitrogens with zero attached hydrogens (tertiary/aromatic N) is 2. The van der Waals surface area contributed by atoms with Crippen LogP contribution in [0.5, 0.6) is 0 Å². The van der Waals surface area contributed by atoms with Crippen molar-refractivity contribution in [1.29, 1.82) is 0 Å². The van der Waals surface area contributed by atoms with Crippen molar-refractivity contribution in [1.82, 2.24) is 14.6 Å². The summed E-state index contributed by atoms with van der Waals surface area (Å²) in [5, 5.41) is 0. The number of pyridine rings is 1. The maximum atomic E-state index is 12.5. The molecule has 0 saturated carbocycles. The number of rotatable bonds is 5. The number of amides is 1. The van der Waals surface area contributed by atoms with Crippen LogP contribution in [0.15, 0.2) is 53.7 Å². The maximum absolute atomic E-state index is 12.5. The van der Waals surface area contributed by atoms with Crippen molar-refractivity contribution in [2.45, 2.75) is 37.2 Å². The summed E-state index contributed by atoms with van der Waals surface area (Å²) in [7, 11) is -3.63. The van der Waals surface area contributed by atoms with Gasteiger partial charge in [0, 0.05) is 37.1 Å². The van der Waals surface area contributed by atoms with Crippen molar-refractivity contribution in [3.05, 3.63) is 59.9 Å². The number of likely N-dealkylation sites (tertiary alicyclic amines) is 1. The van der Waals surface area contributed by atoms with Crippen LogP contribution in [0.1, 0.15) is 35.7 Å². The third kappa shape index (κ3) is 4.05. The topological polar surface area (TPSA) is 79.4 Å². The standard InChI is InChI=1S/C18H21N3O3S/c1-14-3-2-12-21(14)18(22)16-4-6-17(7-5-16)25(23,24)20-13-15-8-10-19-11-9-15/h4-11,14,20H,2-3,12-13H2,1H3. The second-order valence-corrected chi connectivity index (χ2v) is 7.96. The Balaban J connectivity index is 1.69. The van der Waals surface area contributed by atoms with E-state index >= 15 is 0 Å². The highest BCUT2D eigenvalue weighted by atomic mass is 32.2. The number of carbonyl (C=O) groups is 1. The lowest BCUT2D eigenvalue weighted by Gasteiger charge is -2.21. The van der Waals surface area contributed by atoms with Gasteiger partial charge in [-0.15, -0.1) is 0 Å². The molecule has 3 rings (SSSR count). The molecule has 1 N–H and O–H groups in total. The van der Waals surface area contributed by atoms with Gasteiger partial charge >= 0.3 is 0 Å². The summed E-state index contributed by atoms with van der Waals surface area (Å²) >= 11 is 0. The monoisotopic (exact) mass is 359 g/mol. The van der Waals surface area contributed by atoms with Crippen LogP contribution in [-0.4, -0.2) is 36.8 Å². The van der Waals surface area contributed by atoms with E-state index < -0.39 is 10.0 Å². The summed E-state index contributed by atoms with van der Waals surface area (Å²) < 4.78 is 27.3. The normalized spacial score (nSPS) is 17.6. The largest absolute Gasteiger partial charge is 0.336 e. The van der Waals surface area contributed by atoms with E-state index in [1.807, 2.05) is 11.8 Å². The van der Waals surface area contributed by atoms with Gasteiger partial charge in [0.05, 0.1) is 4.90 Å². The second kappa shape index (κ2) is 7.33. The lowest BCUT2D eigenvalue weighted by atomic mass is 10.2. The first-order valence-electron chi connectivity index (χ1n) is 8.27. The maximum Gasteiger partial charge on any atom is 0.254 e. The minimum Gasteiger partial charge on any atom is -0.336 e. The summed E-state index contributed by atoms with van der Waals surface area (Å²) in [6, 6.07) is 9.84. The summed E-state index contributed by atoms with van der Waals surface area (Å²) in [4.78, 5) is 18.4. The van der Waals surface area contributed by atoms with Gasteiger partial charge in [0.25, 0.3) is 5.91 Å². The number of benzene rings is 1. The predicted molar refractivity (Wildman–Crippen MR) is 94.4 cm³/mol. The average Bonchev–Trinajstić information content (AvgIpc) is 3.06. The molecule has 1 saturated heterocycles. The minimum absolute atomic E-state index is 0.0429. The predicted octanol–water partition coefficient (Wildman–Crippen LogP) is 2.18. The number of hydrogen-bond acceptors (Lipinski definition) is 4. The van der Waals surface area contributed by atoms with E-state index in [0.717, 1.165) is 24.9 Å². The van der Waals surface area contributed by atoms with E-state index in [4.69, 9.17) is 0 Å². The molecule has 6 nitrogen and oxygen atoms in total. The van der Waals surface area contributed by atoms with Gasteiger partial charge in [-0.05, 0) is 61.7 Å². The molecular weight excluding hydrogens is 338 g/mol. The van der Waals surface area contributed by atoms with Crippen LogP contribution in [-0.2, 0) is 16.6 Å². The van der Waals surface area contributed by atoms with Crippen molar-refractivity contribution in [3.8, 4) is 0 Å². The van der Waals surface area contributed by atoms with Crippen LogP contribution in [0.25, 0.3) is 0 Å². The molecule has 0 bridgehead atoms. The molecule has 132 valence electrons. The van der Waals surface area contributed by atoms with Gasteiger partial charge in [-0.25, -0.2) is 13.1 Å². The molecule has 2 heterocycles. The SMILES string of the molecule is CC1CCCN1C(=O)c1ccc(S(=O)(=O)NCc2ccncc2)cc1. The van der Waals surface area contributed by atoms with Crippen molar-refractivity contribution in [3.63, 3.8) is 0 Å². The van der Waals surface area contributed by atoms with Crippen LogP contribution in [0.2, 0.25) is 0 Å². The molecule has 1 aliphatic rings. The molecule has 2 aromatic rings. The second-order valence-electron chi connectivity index (χ2n) is 6.19. The van der Waals surface area contributed by atoms with Crippen LogP contribution >= 0.6 is 0 Å². The molecule has 7 heteroatoms. The zero-order valence-electron chi connectivity index (χ0n) is 14.1. The van der Waals surface area contributed by atoms with E-state index in [-0.39, 0.29) is 23.4 Å². The number of sulfonamides is 1. The molecule has 1 aromatic carbocycles. The Morgan fingerprint density at radius 3 is 2.48 bits per heavy atom. The highest BCUT2D eigenvalue weighted by Crippen LogP contribution is 2.20. The van der Waals surface area contributed by atoms with Crippen LogP contribution in [0.4, 0.5) is 0 Å². The number of hydrogen-bond donors (Lipinski definition) is 1. The Hall–Kier alpha value is -2.25. The van der Waals surface area contributed by atoms with E-state index in [1.54, 1.807) is 36.7 Å². The zero-order chi connectivity index (χ0) is 17.9. The quantitative estimate of drug-likeness (QED) is 0.887. The Bertz CT molecular complexity index is 836. The number of carbonyl (C=O) groups excluding carboxylic acids is 1. The molecule has 0 aliphatic carbocycles.